The molecule has 1 N–H and O–H groups in total. The van der Waals surface area contributed by atoms with Crippen LogP contribution in [-0.2, 0) is 9.53 Å². The lowest BCUT2D eigenvalue weighted by Crippen LogP contribution is -2.28. The smallest absolute Gasteiger partial charge is 0.345 e. The van der Waals surface area contributed by atoms with E-state index in [4.69, 9.17) is 24.6 Å². The fourth-order valence-corrected chi connectivity index (χ4v) is 2.08. The Morgan fingerprint density at radius 2 is 2.22 bits per heavy atom. The van der Waals surface area contributed by atoms with Crippen LogP contribution in [-0.4, -0.2) is 25.4 Å². The molecule has 0 spiro atoms. The first-order valence-electron chi connectivity index (χ1n) is 6.79. The lowest BCUT2D eigenvalue weighted by molar-refractivity contribution is -0.143. The first kappa shape index (κ1) is 16.2. The Morgan fingerprint density at radius 3 is 2.83 bits per heavy atom. The minimum absolute atomic E-state index is 0.0772. The summed E-state index contributed by atoms with van der Waals surface area (Å²) in [5.41, 5.74) is -1.20. The van der Waals surface area contributed by atoms with Gasteiger partial charge in [-0.1, -0.05) is 12.1 Å². The van der Waals surface area contributed by atoms with Gasteiger partial charge in [0.05, 0.1) is 31.1 Å². The summed E-state index contributed by atoms with van der Waals surface area (Å²) < 4.78 is 15.0. The van der Waals surface area contributed by atoms with Crippen molar-refractivity contribution in [2.75, 3.05) is 13.7 Å². The number of nitrogens with zero attached hydrogens (tertiary/aromatic N) is 1. The van der Waals surface area contributed by atoms with Gasteiger partial charge in [0, 0.05) is 5.39 Å². The Morgan fingerprint density at radius 1 is 1.48 bits per heavy atom. The molecule has 23 heavy (non-hydrogen) atoms. The number of benzene rings is 1. The van der Waals surface area contributed by atoms with Crippen LogP contribution in [0.1, 0.15) is 12.5 Å². The highest BCUT2D eigenvalue weighted by Gasteiger charge is 2.28. The molecule has 1 heterocycles. The molecule has 2 rings (SSSR count). The molecule has 7 heteroatoms. The predicted octanol–water partition coefficient (Wildman–Crippen LogP) is 1.87. The molecule has 0 saturated carbocycles. The third-order valence-electron chi connectivity index (χ3n) is 3.17. The van der Waals surface area contributed by atoms with Crippen molar-refractivity contribution < 1.29 is 18.7 Å². The van der Waals surface area contributed by atoms with Crippen molar-refractivity contribution in [1.29, 1.82) is 10.7 Å². The molecule has 0 aliphatic carbocycles. The molecule has 1 atom stereocenters. The highest BCUT2D eigenvalue weighted by Crippen LogP contribution is 2.25. The third-order valence-corrected chi connectivity index (χ3v) is 3.17. The maximum atomic E-state index is 12.1. The number of methoxy groups -OCH3 is 1. The summed E-state index contributed by atoms with van der Waals surface area (Å²) in [5.74, 6) is -1.98. The van der Waals surface area contributed by atoms with E-state index in [1.807, 2.05) is 0 Å². The Labute approximate surface area is 131 Å². The van der Waals surface area contributed by atoms with Gasteiger partial charge in [-0.2, -0.15) is 5.26 Å². The number of rotatable bonds is 5. The van der Waals surface area contributed by atoms with Gasteiger partial charge in [-0.25, -0.2) is 4.79 Å². The van der Waals surface area contributed by atoms with Gasteiger partial charge >= 0.3 is 11.6 Å². The van der Waals surface area contributed by atoms with Crippen LogP contribution in [0.4, 0.5) is 0 Å². The van der Waals surface area contributed by atoms with Crippen molar-refractivity contribution in [2.24, 2.45) is 5.92 Å². The quantitative estimate of drug-likeness (QED) is 0.512. The number of esters is 1. The molecule has 0 radical (unpaired) electrons. The second kappa shape index (κ2) is 6.75. The fourth-order valence-electron chi connectivity index (χ4n) is 2.08. The molecule has 0 fully saturated rings. The van der Waals surface area contributed by atoms with Crippen LogP contribution >= 0.6 is 0 Å². The summed E-state index contributed by atoms with van der Waals surface area (Å²) in [4.78, 5) is 23.8. The van der Waals surface area contributed by atoms with Crippen molar-refractivity contribution in [2.45, 2.75) is 6.92 Å². The van der Waals surface area contributed by atoms with Gasteiger partial charge in [0.1, 0.15) is 0 Å². The van der Waals surface area contributed by atoms with Crippen molar-refractivity contribution in [1.82, 2.24) is 0 Å². The zero-order chi connectivity index (χ0) is 17.0. The number of carbonyl (C=O) groups excluding carboxylic acids is 1. The minimum Gasteiger partial charge on any atom is -0.493 e. The van der Waals surface area contributed by atoms with Crippen LogP contribution < -0.4 is 10.4 Å². The van der Waals surface area contributed by atoms with Crippen LogP contribution in [0.15, 0.2) is 33.5 Å². The molecule has 0 amide bonds. The van der Waals surface area contributed by atoms with Crippen molar-refractivity contribution in [3.63, 3.8) is 0 Å². The Bertz CT molecular complexity index is 863. The lowest BCUT2D eigenvalue weighted by Gasteiger charge is -2.10. The summed E-state index contributed by atoms with van der Waals surface area (Å²) in [6, 6.07) is 8.07. The molecular formula is C16H14N2O5. The van der Waals surface area contributed by atoms with Gasteiger partial charge in [0.25, 0.3) is 0 Å². The predicted molar refractivity (Wildman–Crippen MR) is 81.6 cm³/mol. The summed E-state index contributed by atoms with van der Waals surface area (Å²) in [5, 5.41) is 17.6. The van der Waals surface area contributed by atoms with Gasteiger partial charge in [-0.3, -0.25) is 4.79 Å². The minimum atomic E-state index is -1.49. The number of carbonyl (C=O) groups is 1. The van der Waals surface area contributed by atoms with Crippen LogP contribution in [0.25, 0.3) is 11.0 Å². The zero-order valence-electron chi connectivity index (χ0n) is 12.6. The molecule has 0 aliphatic heterocycles. The molecule has 7 nitrogen and oxygen atoms in total. The number of para-hydroxylation sites is 1. The number of hydrogen-bond acceptors (Lipinski definition) is 7. The lowest BCUT2D eigenvalue weighted by atomic mass is 9.98. The first-order chi connectivity index (χ1) is 11.0. The monoisotopic (exact) mass is 314 g/mol. The number of fused-ring (bicyclic) bond motifs is 1. The molecule has 0 unspecified atom stereocenters. The van der Waals surface area contributed by atoms with Crippen LogP contribution in [0, 0.1) is 22.7 Å². The average molecular weight is 314 g/mol. The van der Waals surface area contributed by atoms with Gasteiger partial charge in [0.15, 0.2) is 17.3 Å². The molecule has 0 saturated heterocycles. The standard InChI is InChI=1S/C16H14N2O5/c1-3-22-15(19)11(8-17)13(18)10-7-9-5-4-6-12(21-2)14(9)23-16(10)20/h4-7,11,18H,3H2,1-2H3/t11-/m0/s1. The Balaban J connectivity index is 2.53. The van der Waals surface area contributed by atoms with Crippen molar-refractivity contribution in [3.8, 4) is 11.8 Å². The largest absolute Gasteiger partial charge is 0.493 e. The number of hydrogen-bond donors (Lipinski definition) is 1. The topological polar surface area (TPSA) is 113 Å². The molecule has 1 aromatic carbocycles. The fraction of sp³-hybridized carbons (Fsp3) is 0.250. The molecule has 1 aromatic heterocycles. The Hall–Kier alpha value is -3.14. The molecular weight excluding hydrogens is 300 g/mol. The van der Waals surface area contributed by atoms with Crippen molar-refractivity contribution >= 4 is 22.7 Å². The molecule has 0 aliphatic rings. The SMILES string of the molecule is CCOC(=O)[C@@H](C#N)C(=N)c1cc2cccc(OC)c2oc1=O. The van der Waals surface area contributed by atoms with Crippen LogP contribution in [0.3, 0.4) is 0 Å². The highest BCUT2D eigenvalue weighted by molar-refractivity contribution is 6.12. The second-order valence-electron chi connectivity index (χ2n) is 4.55. The van der Waals surface area contributed by atoms with Crippen molar-refractivity contribution in [3.05, 3.63) is 40.2 Å². The summed E-state index contributed by atoms with van der Waals surface area (Å²) >= 11 is 0. The number of nitriles is 1. The van der Waals surface area contributed by atoms with E-state index in [1.54, 1.807) is 31.2 Å². The van der Waals surface area contributed by atoms with E-state index in [0.29, 0.717) is 11.1 Å². The van der Waals surface area contributed by atoms with Gasteiger partial charge in [0.2, 0.25) is 0 Å². The van der Waals surface area contributed by atoms with Crippen LogP contribution in [0.5, 0.6) is 5.75 Å². The van der Waals surface area contributed by atoms with Gasteiger partial charge in [-0.15, -0.1) is 0 Å². The highest BCUT2D eigenvalue weighted by atomic mass is 16.5. The molecule has 118 valence electrons. The van der Waals surface area contributed by atoms with E-state index in [0.717, 1.165) is 0 Å². The number of nitrogens with one attached hydrogen (secondary N) is 1. The zero-order valence-corrected chi connectivity index (χ0v) is 12.6. The summed E-state index contributed by atoms with van der Waals surface area (Å²) in [7, 11) is 1.44. The average Bonchev–Trinajstić information content (AvgIpc) is 2.54. The van der Waals surface area contributed by atoms with E-state index in [1.165, 1.54) is 13.2 Å². The Kier molecular flexibility index (Phi) is 4.76. The van der Waals surface area contributed by atoms with Gasteiger partial charge < -0.3 is 19.3 Å². The van der Waals surface area contributed by atoms with E-state index in [-0.39, 0.29) is 17.8 Å². The normalized spacial score (nSPS) is 11.5. The van der Waals surface area contributed by atoms with E-state index in [9.17, 15) is 9.59 Å². The van der Waals surface area contributed by atoms with E-state index < -0.39 is 23.2 Å². The molecule has 2 aromatic rings. The maximum absolute atomic E-state index is 12.1. The summed E-state index contributed by atoms with van der Waals surface area (Å²) in [6.07, 6.45) is 0. The van der Waals surface area contributed by atoms with E-state index in [2.05, 4.69) is 0 Å². The van der Waals surface area contributed by atoms with E-state index >= 15 is 0 Å². The summed E-state index contributed by atoms with van der Waals surface area (Å²) in [6.45, 7) is 1.67. The second-order valence-corrected chi connectivity index (χ2v) is 4.55. The number of ether oxygens (including phenoxy) is 2. The third kappa shape index (κ3) is 3.06. The van der Waals surface area contributed by atoms with Crippen LogP contribution in [0.2, 0.25) is 0 Å². The molecule has 0 bridgehead atoms. The maximum Gasteiger partial charge on any atom is 0.345 e. The van der Waals surface area contributed by atoms with Gasteiger partial charge in [-0.05, 0) is 19.1 Å². The first-order valence-corrected chi connectivity index (χ1v) is 6.79.